The van der Waals surface area contributed by atoms with E-state index in [1.54, 1.807) is 0 Å². The number of likely N-dealkylation sites (tertiary alicyclic amines) is 1. The van der Waals surface area contributed by atoms with E-state index >= 15 is 0 Å². The molecule has 1 atom stereocenters. The van der Waals surface area contributed by atoms with E-state index in [0.717, 1.165) is 12.5 Å². The van der Waals surface area contributed by atoms with Crippen molar-refractivity contribution in [1.82, 2.24) is 4.90 Å². The second kappa shape index (κ2) is 5.50. The molecule has 2 fully saturated rings. The lowest BCUT2D eigenvalue weighted by Gasteiger charge is -2.36. The van der Waals surface area contributed by atoms with Crippen LogP contribution in [0.15, 0.2) is 0 Å². The summed E-state index contributed by atoms with van der Waals surface area (Å²) in [7, 11) is 0. The van der Waals surface area contributed by atoms with Crippen molar-refractivity contribution in [1.29, 1.82) is 0 Å². The fourth-order valence-corrected chi connectivity index (χ4v) is 3.56. The normalized spacial score (nSPS) is 30.8. The zero-order valence-electron chi connectivity index (χ0n) is 10.9. The predicted octanol–water partition coefficient (Wildman–Crippen LogP) is 2.77. The summed E-state index contributed by atoms with van der Waals surface area (Å²) >= 11 is 0. The van der Waals surface area contributed by atoms with Gasteiger partial charge in [0.2, 0.25) is 0 Å². The first kappa shape index (κ1) is 12.4. The van der Waals surface area contributed by atoms with Crippen LogP contribution in [0.4, 0.5) is 0 Å². The maximum absolute atomic E-state index is 6.52. The second-order valence-electron chi connectivity index (χ2n) is 6.10. The molecule has 2 aliphatic rings. The van der Waals surface area contributed by atoms with Gasteiger partial charge in [-0.2, -0.15) is 0 Å². The van der Waals surface area contributed by atoms with Gasteiger partial charge in [0.25, 0.3) is 0 Å². The fraction of sp³-hybridized carbons (Fsp3) is 1.00. The number of hydrogen-bond donors (Lipinski definition) is 1. The van der Waals surface area contributed by atoms with Gasteiger partial charge in [-0.15, -0.1) is 0 Å². The van der Waals surface area contributed by atoms with E-state index in [-0.39, 0.29) is 5.54 Å². The van der Waals surface area contributed by atoms with Crippen LogP contribution in [0.25, 0.3) is 0 Å². The maximum Gasteiger partial charge on any atom is 0.0283 e. The number of rotatable bonds is 4. The van der Waals surface area contributed by atoms with E-state index in [9.17, 15) is 0 Å². The van der Waals surface area contributed by atoms with Gasteiger partial charge in [-0.3, -0.25) is 0 Å². The first-order chi connectivity index (χ1) is 7.72. The Morgan fingerprint density at radius 3 is 2.69 bits per heavy atom. The predicted molar refractivity (Wildman–Crippen MR) is 69.5 cm³/mol. The van der Waals surface area contributed by atoms with Crippen molar-refractivity contribution in [3.63, 3.8) is 0 Å². The highest BCUT2D eigenvalue weighted by Crippen LogP contribution is 2.29. The van der Waals surface area contributed by atoms with Gasteiger partial charge < -0.3 is 10.6 Å². The minimum atomic E-state index is 0.152. The first-order valence-corrected chi connectivity index (χ1v) is 7.23. The molecule has 0 radical (unpaired) electrons. The van der Waals surface area contributed by atoms with E-state index in [2.05, 4.69) is 11.8 Å². The monoisotopic (exact) mass is 224 g/mol. The molecule has 1 aliphatic heterocycles. The van der Waals surface area contributed by atoms with E-state index in [1.165, 1.54) is 64.5 Å². The lowest BCUT2D eigenvalue weighted by Crippen LogP contribution is -2.50. The Labute approximate surface area is 101 Å². The Morgan fingerprint density at radius 1 is 1.25 bits per heavy atom. The summed E-state index contributed by atoms with van der Waals surface area (Å²) in [5.74, 6) is 0.956. The third-order valence-corrected chi connectivity index (χ3v) is 4.45. The molecule has 2 N–H and O–H groups in total. The molecule has 2 heteroatoms. The van der Waals surface area contributed by atoms with Gasteiger partial charge in [-0.05, 0) is 38.1 Å². The molecule has 0 bridgehead atoms. The highest BCUT2D eigenvalue weighted by Gasteiger charge is 2.32. The molecule has 1 heterocycles. The summed E-state index contributed by atoms with van der Waals surface area (Å²) in [4.78, 5) is 2.63. The molecular formula is C14H28N2. The largest absolute Gasteiger partial charge is 0.324 e. The van der Waals surface area contributed by atoms with Gasteiger partial charge in [0.1, 0.15) is 0 Å². The molecule has 1 unspecified atom stereocenters. The molecule has 0 amide bonds. The minimum absolute atomic E-state index is 0.152. The molecule has 0 aromatic rings. The van der Waals surface area contributed by atoms with Crippen LogP contribution in [0.1, 0.15) is 58.3 Å². The van der Waals surface area contributed by atoms with Crippen LogP contribution in [0.2, 0.25) is 0 Å². The minimum Gasteiger partial charge on any atom is -0.324 e. The molecule has 94 valence electrons. The summed E-state index contributed by atoms with van der Waals surface area (Å²) in [5, 5.41) is 0. The summed E-state index contributed by atoms with van der Waals surface area (Å²) in [5.41, 5.74) is 6.67. The Hall–Kier alpha value is -0.0800. The van der Waals surface area contributed by atoms with Crippen LogP contribution < -0.4 is 5.73 Å². The molecule has 2 nitrogen and oxygen atoms in total. The van der Waals surface area contributed by atoms with Gasteiger partial charge in [0, 0.05) is 18.6 Å². The average molecular weight is 224 g/mol. The van der Waals surface area contributed by atoms with Gasteiger partial charge in [-0.25, -0.2) is 0 Å². The quantitative estimate of drug-likeness (QED) is 0.795. The summed E-state index contributed by atoms with van der Waals surface area (Å²) in [6, 6.07) is 0. The molecule has 0 aromatic heterocycles. The average Bonchev–Trinajstić information content (AvgIpc) is 2.66. The van der Waals surface area contributed by atoms with Crippen LogP contribution in [0, 0.1) is 5.92 Å². The SMILES string of the molecule is CCCC1CCN(CC2(N)CCCCC2)C1. The molecule has 0 aromatic carbocycles. The van der Waals surface area contributed by atoms with Crippen LogP contribution in [-0.4, -0.2) is 30.1 Å². The van der Waals surface area contributed by atoms with Crippen molar-refractivity contribution < 1.29 is 0 Å². The molecule has 1 aliphatic carbocycles. The van der Waals surface area contributed by atoms with Crippen molar-refractivity contribution in [2.75, 3.05) is 19.6 Å². The first-order valence-electron chi connectivity index (χ1n) is 7.23. The van der Waals surface area contributed by atoms with Crippen molar-refractivity contribution in [3.05, 3.63) is 0 Å². The third-order valence-electron chi connectivity index (χ3n) is 4.45. The second-order valence-corrected chi connectivity index (χ2v) is 6.10. The Balaban J connectivity index is 1.77. The summed E-state index contributed by atoms with van der Waals surface area (Å²) in [6.45, 7) is 6.07. The molecule has 0 spiro atoms. The molecule has 2 rings (SSSR count). The molecular weight excluding hydrogens is 196 g/mol. The summed E-state index contributed by atoms with van der Waals surface area (Å²) in [6.07, 6.45) is 10.8. The number of nitrogens with zero attached hydrogens (tertiary/aromatic N) is 1. The summed E-state index contributed by atoms with van der Waals surface area (Å²) < 4.78 is 0. The number of nitrogens with two attached hydrogens (primary N) is 1. The van der Waals surface area contributed by atoms with E-state index in [1.807, 2.05) is 0 Å². The Kier molecular flexibility index (Phi) is 4.26. The lowest BCUT2D eigenvalue weighted by molar-refractivity contribution is 0.192. The zero-order valence-corrected chi connectivity index (χ0v) is 10.9. The van der Waals surface area contributed by atoms with Gasteiger partial charge in [-0.1, -0.05) is 32.6 Å². The standard InChI is InChI=1S/C14H28N2/c1-2-6-13-7-10-16(11-13)12-14(15)8-4-3-5-9-14/h13H,2-12,15H2,1H3. The van der Waals surface area contributed by atoms with Gasteiger partial charge in [0.15, 0.2) is 0 Å². The Bertz CT molecular complexity index is 209. The maximum atomic E-state index is 6.52. The van der Waals surface area contributed by atoms with Crippen molar-refractivity contribution in [2.45, 2.75) is 63.8 Å². The molecule has 16 heavy (non-hydrogen) atoms. The van der Waals surface area contributed by atoms with E-state index in [4.69, 9.17) is 5.73 Å². The van der Waals surface area contributed by atoms with Crippen molar-refractivity contribution >= 4 is 0 Å². The number of hydrogen-bond acceptors (Lipinski definition) is 2. The smallest absolute Gasteiger partial charge is 0.0283 e. The highest BCUT2D eigenvalue weighted by molar-refractivity contribution is 4.92. The fourth-order valence-electron chi connectivity index (χ4n) is 3.56. The van der Waals surface area contributed by atoms with Crippen molar-refractivity contribution in [3.8, 4) is 0 Å². The lowest BCUT2D eigenvalue weighted by atomic mass is 9.82. The zero-order chi connectivity index (χ0) is 11.4. The molecule has 1 saturated heterocycles. The van der Waals surface area contributed by atoms with Crippen LogP contribution in [0.5, 0.6) is 0 Å². The van der Waals surface area contributed by atoms with Crippen LogP contribution in [0.3, 0.4) is 0 Å². The van der Waals surface area contributed by atoms with Gasteiger partial charge >= 0.3 is 0 Å². The van der Waals surface area contributed by atoms with Crippen molar-refractivity contribution in [2.24, 2.45) is 11.7 Å². The Morgan fingerprint density at radius 2 is 2.00 bits per heavy atom. The van der Waals surface area contributed by atoms with Crippen LogP contribution >= 0.6 is 0 Å². The highest BCUT2D eigenvalue weighted by atomic mass is 15.2. The molecule has 1 saturated carbocycles. The van der Waals surface area contributed by atoms with Gasteiger partial charge in [0.05, 0.1) is 0 Å². The van der Waals surface area contributed by atoms with Crippen LogP contribution in [-0.2, 0) is 0 Å². The van der Waals surface area contributed by atoms with E-state index in [0.29, 0.717) is 0 Å². The van der Waals surface area contributed by atoms with E-state index < -0.39 is 0 Å². The third kappa shape index (κ3) is 3.21. The topological polar surface area (TPSA) is 29.3 Å².